The summed E-state index contributed by atoms with van der Waals surface area (Å²) < 4.78 is 11.5. The van der Waals surface area contributed by atoms with Crippen molar-refractivity contribution in [3.63, 3.8) is 0 Å². The number of likely N-dealkylation sites (tertiary alicyclic amines) is 1. The number of benzene rings is 1. The van der Waals surface area contributed by atoms with Gasteiger partial charge in [-0.15, -0.1) is 0 Å². The van der Waals surface area contributed by atoms with Crippen LogP contribution in [0.4, 0.5) is 0 Å². The van der Waals surface area contributed by atoms with Gasteiger partial charge in [0.15, 0.2) is 5.78 Å². The summed E-state index contributed by atoms with van der Waals surface area (Å²) in [6.07, 6.45) is 2.96. The van der Waals surface area contributed by atoms with E-state index in [1.165, 1.54) is 0 Å². The van der Waals surface area contributed by atoms with Crippen molar-refractivity contribution in [3.05, 3.63) is 46.8 Å². The third kappa shape index (κ3) is 3.36. The highest BCUT2D eigenvalue weighted by molar-refractivity contribution is 6.00. The monoisotopic (exact) mass is 368 g/mol. The SMILES string of the molecule is Cc1noc(C)c1CC(=O)N1CCCC2(CC1)CC(=O)c1ccccc1O2. The number of aryl methyl sites for hydroxylation is 2. The lowest BCUT2D eigenvalue weighted by Gasteiger charge is -2.37. The maximum Gasteiger partial charge on any atom is 0.227 e. The number of nitrogens with zero attached hydrogens (tertiary/aromatic N) is 2. The van der Waals surface area contributed by atoms with E-state index in [4.69, 9.17) is 9.26 Å². The van der Waals surface area contributed by atoms with Crippen LogP contribution in [0.5, 0.6) is 5.75 Å². The molecule has 6 heteroatoms. The smallest absolute Gasteiger partial charge is 0.227 e. The topological polar surface area (TPSA) is 72.6 Å². The average Bonchev–Trinajstić information content (AvgIpc) is 2.84. The molecule has 1 aromatic carbocycles. The van der Waals surface area contributed by atoms with Gasteiger partial charge in [0, 0.05) is 25.1 Å². The number of rotatable bonds is 2. The third-order valence-corrected chi connectivity index (χ3v) is 5.76. The fourth-order valence-electron chi connectivity index (χ4n) is 4.16. The molecule has 1 fully saturated rings. The number of para-hydroxylation sites is 1. The van der Waals surface area contributed by atoms with Crippen LogP contribution in [-0.2, 0) is 11.2 Å². The van der Waals surface area contributed by atoms with Crippen molar-refractivity contribution < 1.29 is 18.8 Å². The van der Waals surface area contributed by atoms with E-state index in [2.05, 4.69) is 5.16 Å². The standard InChI is InChI=1S/C21H24N2O4/c1-14-17(15(2)27-22-14)12-20(25)23-10-5-8-21(9-11-23)13-18(24)16-6-3-4-7-19(16)26-21/h3-4,6-7H,5,8-13H2,1-2H3. The summed E-state index contributed by atoms with van der Waals surface area (Å²) in [5, 5.41) is 3.93. The molecule has 0 saturated carbocycles. The van der Waals surface area contributed by atoms with Crippen molar-refractivity contribution in [3.8, 4) is 5.75 Å². The van der Waals surface area contributed by atoms with Crippen LogP contribution in [-0.4, -0.2) is 40.4 Å². The molecule has 27 heavy (non-hydrogen) atoms. The van der Waals surface area contributed by atoms with Crippen molar-refractivity contribution in [1.29, 1.82) is 0 Å². The van der Waals surface area contributed by atoms with E-state index >= 15 is 0 Å². The predicted molar refractivity (Wildman–Crippen MR) is 98.9 cm³/mol. The lowest BCUT2D eigenvalue weighted by atomic mass is 9.84. The minimum absolute atomic E-state index is 0.0731. The second-order valence-electron chi connectivity index (χ2n) is 7.60. The maximum atomic E-state index is 12.8. The highest BCUT2D eigenvalue weighted by Gasteiger charge is 2.42. The van der Waals surface area contributed by atoms with Crippen LogP contribution in [0.3, 0.4) is 0 Å². The molecule has 6 nitrogen and oxygen atoms in total. The van der Waals surface area contributed by atoms with Crippen molar-refractivity contribution in [2.24, 2.45) is 0 Å². The van der Waals surface area contributed by atoms with E-state index in [0.717, 1.165) is 24.1 Å². The highest BCUT2D eigenvalue weighted by Crippen LogP contribution is 2.39. The Bertz CT molecular complexity index is 869. The molecular formula is C21H24N2O4. The Labute approximate surface area is 158 Å². The van der Waals surface area contributed by atoms with Gasteiger partial charge in [0.2, 0.25) is 5.91 Å². The van der Waals surface area contributed by atoms with Crippen molar-refractivity contribution in [1.82, 2.24) is 10.1 Å². The van der Waals surface area contributed by atoms with Gasteiger partial charge in [0.1, 0.15) is 17.1 Å². The minimum Gasteiger partial charge on any atom is -0.486 e. The lowest BCUT2D eigenvalue weighted by Crippen LogP contribution is -2.43. The van der Waals surface area contributed by atoms with Gasteiger partial charge in [-0.1, -0.05) is 17.3 Å². The molecule has 0 N–H and O–H groups in total. The zero-order valence-electron chi connectivity index (χ0n) is 15.8. The number of hydrogen-bond acceptors (Lipinski definition) is 5. The number of carbonyl (C=O) groups excluding carboxylic acids is 2. The summed E-state index contributed by atoms with van der Waals surface area (Å²) >= 11 is 0. The van der Waals surface area contributed by atoms with E-state index in [0.29, 0.717) is 49.4 Å². The number of ether oxygens (including phenoxy) is 1. The summed E-state index contributed by atoms with van der Waals surface area (Å²) in [6, 6.07) is 7.43. The highest BCUT2D eigenvalue weighted by atomic mass is 16.5. The largest absolute Gasteiger partial charge is 0.486 e. The number of aromatic nitrogens is 1. The zero-order valence-corrected chi connectivity index (χ0v) is 15.8. The Kier molecular flexibility index (Phi) is 4.50. The van der Waals surface area contributed by atoms with Crippen LogP contribution >= 0.6 is 0 Å². The van der Waals surface area contributed by atoms with Crippen LogP contribution in [0.2, 0.25) is 0 Å². The third-order valence-electron chi connectivity index (χ3n) is 5.76. The molecule has 2 aliphatic heterocycles. The first kappa shape index (κ1) is 17.8. The molecule has 1 atom stereocenters. The van der Waals surface area contributed by atoms with E-state index in [1.807, 2.05) is 43.0 Å². The molecule has 4 rings (SSSR count). The minimum atomic E-state index is -0.497. The molecule has 0 aliphatic carbocycles. The van der Waals surface area contributed by atoms with Crippen molar-refractivity contribution in [2.75, 3.05) is 13.1 Å². The fourth-order valence-corrected chi connectivity index (χ4v) is 4.16. The number of fused-ring (bicyclic) bond motifs is 1. The Morgan fingerprint density at radius 1 is 1.22 bits per heavy atom. The molecule has 2 aromatic rings. The Morgan fingerprint density at radius 3 is 2.81 bits per heavy atom. The number of Topliss-reactive ketones (excluding diaryl/α,β-unsaturated/α-hetero) is 1. The van der Waals surface area contributed by atoms with Crippen LogP contribution < -0.4 is 4.74 Å². The van der Waals surface area contributed by atoms with Gasteiger partial charge in [-0.3, -0.25) is 9.59 Å². The Morgan fingerprint density at radius 2 is 2.04 bits per heavy atom. The summed E-state index contributed by atoms with van der Waals surface area (Å²) in [5.74, 6) is 1.57. The van der Waals surface area contributed by atoms with Gasteiger partial charge in [0.25, 0.3) is 0 Å². The normalized spacial score (nSPS) is 22.3. The molecule has 1 amide bonds. The van der Waals surface area contributed by atoms with Gasteiger partial charge < -0.3 is 14.2 Å². The van der Waals surface area contributed by atoms with E-state index < -0.39 is 5.60 Å². The molecule has 0 radical (unpaired) electrons. The molecule has 2 aliphatic rings. The Balaban J connectivity index is 1.47. The zero-order chi connectivity index (χ0) is 19.0. The molecule has 142 valence electrons. The molecule has 0 bridgehead atoms. The van der Waals surface area contributed by atoms with Crippen LogP contribution in [0.15, 0.2) is 28.8 Å². The van der Waals surface area contributed by atoms with Gasteiger partial charge >= 0.3 is 0 Å². The fraction of sp³-hybridized carbons (Fsp3) is 0.476. The quantitative estimate of drug-likeness (QED) is 0.814. The average molecular weight is 368 g/mol. The van der Waals surface area contributed by atoms with E-state index in [1.54, 1.807) is 0 Å². The number of hydrogen-bond donors (Lipinski definition) is 0. The summed E-state index contributed by atoms with van der Waals surface area (Å²) in [5.41, 5.74) is 1.81. The first-order chi connectivity index (χ1) is 13.0. The Hall–Kier alpha value is -2.63. The second-order valence-corrected chi connectivity index (χ2v) is 7.60. The van der Waals surface area contributed by atoms with Crippen molar-refractivity contribution >= 4 is 11.7 Å². The first-order valence-corrected chi connectivity index (χ1v) is 9.48. The molecule has 3 heterocycles. The number of amides is 1. The molecule has 1 aromatic heterocycles. The summed E-state index contributed by atoms with van der Waals surface area (Å²) in [6.45, 7) is 4.97. The maximum absolute atomic E-state index is 12.8. The number of carbonyl (C=O) groups is 2. The second kappa shape index (κ2) is 6.83. The van der Waals surface area contributed by atoms with Gasteiger partial charge in [0.05, 0.1) is 24.1 Å². The van der Waals surface area contributed by atoms with Gasteiger partial charge in [-0.2, -0.15) is 0 Å². The molecule has 1 saturated heterocycles. The van der Waals surface area contributed by atoms with E-state index in [9.17, 15) is 9.59 Å². The van der Waals surface area contributed by atoms with Crippen LogP contribution in [0.25, 0.3) is 0 Å². The van der Waals surface area contributed by atoms with Crippen LogP contribution in [0, 0.1) is 13.8 Å². The van der Waals surface area contributed by atoms with Crippen LogP contribution in [0.1, 0.15) is 53.1 Å². The first-order valence-electron chi connectivity index (χ1n) is 9.48. The molecule has 1 spiro atoms. The van der Waals surface area contributed by atoms with Crippen molar-refractivity contribution in [2.45, 2.75) is 51.6 Å². The molecular weight excluding hydrogens is 344 g/mol. The van der Waals surface area contributed by atoms with Gasteiger partial charge in [-0.05, 0) is 38.8 Å². The predicted octanol–water partition coefficient (Wildman–Crippen LogP) is 3.25. The molecule has 1 unspecified atom stereocenters. The van der Waals surface area contributed by atoms with Gasteiger partial charge in [-0.25, -0.2) is 0 Å². The summed E-state index contributed by atoms with van der Waals surface area (Å²) in [4.78, 5) is 27.3. The summed E-state index contributed by atoms with van der Waals surface area (Å²) in [7, 11) is 0. The number of ketones is 1. The van der Waals surface area contributed by atoms with E-state index in [-0.39, 0.29) is 11.7 Å². The lowest BCUT2D eigenvalue weighted by molar-refractivity contribution is -0.130.